The molecule has 3 rings (SSSR count). The highest BCUT2D eigenvalue weighted by molar-refractivity contribution is 5.75. The fraction of sp³-hybridized carbons (Fsp3) is 0.133. The van der Waals surface area contributed by atoms with Crippen molar-refractivity contribution < 1.29 is 4.74 Å². The Hall–Kier alpha value is -2.69. The minimum absolute atomic E-state index is 0.792. The topological polar surface area (TPSA) is 63.7 Å². The Bertz CT molecular complexity index is 722. The third kappa shape index (κ3) is 2.25. The van der Waals surface area contributed by atoms with Crippen LogP contribution in [-0.4, -0.2) is 27.5 Å². The Morgan fingerprint density at radius 3 is 2.70 bits per heavy atom. The summed E-state index contributed by atoms with van der Waals surface area (Å²) in [5, 5.41) is 10.4. The highest BCUT2D eigenvalue weighted by Gasteiger charge is 2.09. The predicted molar refractivity (Wildman–Crippen MR) is 76.3 cm³/mol. The Labute approximate surface area is 116 Å². The molecule has 0 saturated heterocycles. The predicted octanol–water partition coefficient (Wildman–Crippen LogP) is 2.85. The zero-order valence-corrected chi connectivity index (χ0v) is 11.3. The smallest absolute Gasteiger partial charge is 0.127 e. The molecule has 0 amide bonds. The molecule has 5 nitrogen and oxygen atoms in total. The van der Waals surface area contributed by atoms with E-state index in [9.17, 15) is 0 Å². The number of aromatic nitrogens is 4. The molecule has 3 aromatic rings. The molecule has 2 aromatic heterocycles. The molecular formula is C15H14N4O. The van der Waals surface area contributed by atoms with Crippen LogP contribution in [0.5, 0.6) is 5.75 Å². The first-order valence-electron chi connectivity index (χ1n) is 6.26. The average molecular weight is 266 g/mol. The van der Waals surface area contributed by atoms with Crippen molar-refractivity contribution >= 4 is 0 Å². The molecule has 5 heteroatoms. The summed E-state index contributed by atoms with van der Waals surface area (Å²) >= 11 is 0. The van der Waals surface area contributed by atoms with E-state index in [0.717, 1.165) is 33.8 Å². The summed E-state index contributed by atoms with van der Waals surface area (Å²) in [6.07, 6.45) is 3.56. The van der Waals surface area contributed by atoms with Crippen LogP contribution in [-0.2, 0) is 0 Å². The molecular weight excluding hydrogens is 252 g/mol. The standard InChI is InChI=1S/C15H14N4O/c1-10-7-11(5-6-16-10)13-4-3-12(8-15(13)20-2)14-9-17-19-18-14/h3-9H,1-2H3,(H,17,18,19). The number of H-pyrrole nitrogens is 1. The van der Waals surface area contributed by atoms with Crippen molar-refractivity contribution in [3.05, 3.63) is 48.4 Å². The lowest BCUT2D eigenvalue weighted by atomic mass is 10.0. The fourth-order valence-electron chi connectivity index (χ4n) is 2.14. The number of hydrogen-bond acceptors (Lipinski definition) is 4. The Kier molecular flexibility index (Phi) is 3.16. The van der Waals surface area contributed by atoms with Crippen molar-refractivity contribution in [3.63, 3.8) is 0 Å². The number of nitrogens with zero attached hydrogens (tertiary/aromatic N) is 3. The number of ether oxygens (including phenoxy) is 1. The first-order chi connectivity index (χ1) is 9.78. The van der Waals surface area contributed by atoms with Gasteiger partial charge in [-0.1, -0.05) is 11.3 Å². The highest BCUT2D eigenvalue weighted by atomic mass is 16.5. The van der Waals surface area contributed by atoms with E-state index in [-0.39, 0.29) is 0 Å². The van der Waals surface area contributed by atoms with Crippen LogP contribution in [0.1, 0.15) is 5.69 Å². The second-order valence-corrected chi connectivity index (χ2v) is 4.46. The Balaban J connectivity index is 2.09. The van der Waals surface area contributed by atoms with Gasteiger partial charge in [-0.15, -0.1) is 5.10 Å². The number of aryl methyl sites for hydroxylation is 1. The van der Waals surface area contributed by atoms with Gasteiger partial charge in [0.25, 0.3) is 0 Å². The summed E-state index contributed by atoms with van der Waals surface area (Å²) in [4.78, 5) is 4.22. The molecule has 0 bridgehead atoms. The number of aromatic amines is 1. The minimum Gasteiger partial charge on any atom is -0.496 e. The summed E-state index contributed by atoms with van der Waals surface area (Å²) in [6, 6.07) is 10.0. The van der Waals surface area contributed by atoms with Crippen LogP contribution in [0.25, 0.3) is 22.4 Å². The zero-order chi connectivity index (χ0) is 13.9. The molecule has 0 unspecified atom stereocenters. The molecule has 2 heterocycles. The first kappa shape index (κ1) is 12.3. The summed E-state index contributed by atoms with van der Waals surface area (Å²) in [5.41, 5.74) is 4.85. The first-order valence-corrected chi connectivity index (χ1v) is 6.26. The molecule has 1 aromatic carbocycles. The van der Waals surface area contributed by atoms with Crippen molar-refractivity contribution in [2.24, 2.45) is 0 Å². The van der Waals surface area contributed by atoms with Gasteiger partial charge in [-0.3, -0.25) is 10.1 Å². The van der Waals surface area contributed by atoms with E-state index in [0.29, 0.717) is 0 Å². The largest absolute Gasteiger partial charge is 0.496 e. The van der Waals surface area contributed by atoms with E-state index in [1.54, 1.807) is 19.5 Å². The molecule has 1 N–H and O–H groups in total. The third-order valence-electron chi connectivity index (χ3n) is 3.12. The lowest BCUT2D eigenvalue weighted by Crippen LogP contribution is -1.90. The van der Waals surface area contributed by atoms with Crippen molar-refractivity contribution in [2.45, 2.75) is 6.92 Å². The maximum absolute atomic E-state index is 5.50. The van der Waals surface area contributed by atoms with Crippen LogP contribution in [0, 0.1) is 6.92 Å². The zero-order valence-electron chi connectivity index (χ0n) is 11.3. The van der Waals surface area contributed by atoms with E-state index in [2.05, 4.69) is 20.4 Å². The van der Waals surface area contributed by atoms with Crippen LogP contribution >= 0.6 is 0 Å². The number of pyridine rings is 1. The summed E-state index contributed by atoms with van der Waals surface area (Å²) < 4.78 is 5.50. The van der Waals surface area contributed by atoms with Gasteiger partial charge < -0.3 is 4.74 Å². The van der Waals surface area contributed by atoms with Crippen LogP contribution in [0.3, 0.4) is 0 Å². The SMILES string of the molecule is COc1cc(-c2c[nH]nn2)ccc1-c1ccnc(C)c1. The molecule has 20 heavy (non-hydrogen) atoms. The Morgan fingerprint density at radius 1 is 1.10 bits per heavy atom. The maximum Gasteiger partial charge on any atom is 0.127 e. The molecule has 0 aliphatic carbocycles. The lowest BCUT2D eigenvalue weighted by molar-refractivity contribution is 0.416. The number of benzene rings is 1. The molecule has 0 radical (unpaired) electrons. The van der Waals surface area contributed by atoms with E-state index < -0.39 is 0 Å². The van der Waals surface area contributed by atoms with E-state index in [1.165, 1.54) is 0 Å². The van der Waals surface area contributed by atoms with E-state index in [4.69, 9.17) is 4.74 Å². The van der Waals surface area contributed by atoms with E-state index >= 15 is 0 Å². The van der Waals surface area contributed by atoms with Gasteiger partial charge in [0.2, 0.25) is 0 Å². The van der Waals surface area contributed by atoms with Crippen molar-refractivity contribution in [1.82, 2.24) is 20.4 Å². The van der Waals surface area contributed by atoms with Gasteiger partial charge in [-0.05, 0) is 36.8 Å². The highest BCUT2D eigenvalue weighted by Crippen LogP contribution is 2.33. The summed E-state index contributed by atoms with van der Waals surface area (Å²) in [5.74, 6) is 0.802. The number of methoxy groups -OCH3 is 1. The van der Waals surface area contributed by atoms with Gasteiger partial charge in [0.05, 0.1) is 7.11 Å². The quantitative estimate of drug-likeness (QED) is 0.791. The van der Waals surface area contributed by atoms with Crippen molar-refractivity contribution in [3.8, 4) is 28.1 Å². The van der Waals surface area contributed by atoms with Crippen molar-refractivity contribution in [2.75, 3.05) is 7.11 Å². The monoisotopic (exact) mass is 266 g/mol. The van der Waals surface area contributed by atoms with Gasteiger partial charge in [-0.2, -0.15) is 0 Å². The second-order valence-electron chi connectivity index (χ2n) is 4.46. The van der Waals surface area contributed by atoms with Crippen LogP contribution < -0.4 is 4.74 Å². The molecule has 0 atom stereocenters. The normalized spacial score (nSPS) is 10.5. The van der Waals surface area contributed by atoms with Gasteiger partial charge in [0, 0.05) is 29.2 Å². The van der Waals surface area contributed by atoms with Gasteiger partial charge >= 0.3 is 0 Å². The van der Waals surface area contributed by atoms with Crippen LogP contribution in [0.15, 0.2) is 42.7 Å². The molecule has 0 aliphatic heterocycles. The Morgan fingerprint density at radius 2 is 2.00 bits per heavy atom. The second kappa shape index (κ2) is 5.13. The third-order valence-corrected chi connectivity index (χ3v) is 3.12. The van der Waals surface area contributed by atoms with Gasteiger partial charge in [0.1, 0.15) is 11.4 Å². The molecule has 100 valence electrons. The average Bonchev–Trinajstić information content (AvgIpc) is 3.01. The minimum atomic E-state index is 0.792. The number of nitrogens with one attached hydrogen (secondary N) is 1. The van der Waals surface area contributed by atoms with Crippen molar-refractivity contribution in [1.29, 1.82) is 0 Å². The maximum atomic E-state index is 5.50. The molecule has 0 fully saturated rings. The van der Waals surface area contributed by atoms with Crippen LogP contribution in [0.2, 0.25) is 0 Å². The van der Waals surface area contributed by atoms with Gasteiger partial charge in [0.15, 0.2) is 0 Å². The number of rotatable bonds is 3. The summed E-state index contributed by atoms with van der Waals surface area (Å²) in [7, 11) is 1.67. The molecule has 0 aliphatic rings. The number of hydrogen-bond donors (Lipinski definition) is 1. The molecule has 0 spiro atoms. The van der Waals surface area contributed by atoms with E-state index in [1.807, 2.05) is 37.3 Å². The van der Waals surface area contributed by atoms with Gasteiger partial charge in [-0.25, -0.2) is 0 Å². The summed E-state index contributed by atoms with van der Waals surface area (Å²) in [6.45, 7) is 1.97. The fourth-order valence-corrected chi connectivity index (χ4v) is 2.14. The lowest BCUT2D eigenvalue weighted by Gasteiger charge is -2.10. The van der Waals surface area contributed by atoms with Crippen LogP contribution in [0.4, 0.5) is 0 Å². The molecule has 0 saturated carbocycles.